The van der Waals surface area contributed by atoms with Gasteiger partial charge in [0.2, 0.25) is 5.91 Å². The summed E-state index contributed by atoms with van der Waals surface area (Å²) in [5, 5.41) is 3.02. The molecule has 0 aliphatic heterocycles. The summed E-state index contributed by atoms with van der Waals surface area (Å²) in [5.74, 6) is -0.222. The average Bonchev–Trinajstić information content (AvgIpc) is 2.15. The maximum Gasteiger partial charge on any atom is 0.230 e. The number of carbonyl (C=O) groups is 1. The molecule has 0 saturated carbocycles. The van der Waals surface area contributed by atoms with Crippen molar-refractivity contribution in [3.63, 3.8) is 0 Å². The second-order valence-electron chi connectivity index (χ2n) is 4.53. The third-order valence-electron chi connectivity index (χ3n) is 2.73. The SMILES string of the molecule is CCCC(CC)NC(=O)C(C(N)=S)C(C)C. The Labute approximate surface area is 104 Å². The summed E-state index contributed by atoms with van der Waals surface area (Å²) in [6.45, 7) is 8.11. The van der Waals surface area contributed by atoms with Crippen molar-refractivity contribution in [1.82, 2.24) is 5.32 Å². The van der Waals surface area contributed by atoms with E-state index in [0.29, 0.717) is 4.99 Å². The highest BCUT2D eigenvalue weighted by Gasteiger charge is 2.26. The first-order valence-electron chi connectivity index (χ1n) is 6.03. The molecule has 0 aromatic carbocycles. The number of hydrogen-bond acceptors (Lipinski definition) is 2. The third-order valence-corrected chi connectivity index (χ3v) is 2.99. The summed E-state index contributed by atoms with van der Waals surface area (Å²) in [6, 6.07) is 0.244. The number of rotatable bonds is 7. The lowest BCUT2D eigenvalue weighted by Gasteiger charge is -2.23. The van der Waals surface area contributed by atoms with Crippen molar-refractivity contribution < 1.29 is 4.79 Å². The third kappa shape index (κ3) is 4.92. The molecule has 3 N–H and O–H groups in total. The van der Waals surface area contributed by atoms with E-state index in [2.05, 4.69) is 19.2 Å². The fourth-order valence-corrected chi connectivity index (χ4v) is 2.16. The Hall–Kier alpha value is -0.640. The van der Waals surface area contributed by atoms with Crippen LogP contribution in [0.3, 0.4) is 0 Å². The molecule has 0 bridgehead atoms. The summed E-state index contributed by atoms with van der Waals surface area (Å²) < 4.78 is 0. The van der Waals surface area contributed by atoms with Gasteiger partial charge in [-0.1, -0.05) is 46.3 Å². The van der Waals surface area contributed by atoms with Gasteiger partial charge in [0.05, 0.1) is 10.9 Å². The van der Waals surface area contributed by atoms with E-state index < -0.39 is 0 Å². The molecule has 4 heteroatoms. The van der Waals surface area contributed by atoms with Crippen LogP contribution < -0.4 is 11.1 Å². The molecule has 0 aromatic rings. The largest absolute Gasteiger partial charge is 0.393 e. The normalized spacial score (nSPS) is 14.6. The molecular formula is C12H24N2OS. The molecule has 2 unspecified atom stereocenters. The van der Waals surface area contributed by atoms with Crippen LogP contribution in [0.2, 0.25) is 0 Å². The molecule has 16 heavy (non-hydrogen) atoms. The summed E-state index contributed by atoms with van der Waals surface area (Å²) in [4.78, 5) is 12.3. The van der Waals surface area contributed by atoms with Gasteiger partial charge in [0.1, 0.15) is 0 Å². The van der Waals surface area contributed by atoms with Gasteiger partial charge in [-0.25, -0.2) is 0 Å². The van der Waals surface area contributed by atoms with Crippen LogP contribution in [0.25, 0.3) is 0 Å². The van der Waals surface area contributed by atoms with E-state index >= 15 is 0 Å². The van der Waals surface area contributed by atoms with E-state index in [1.165, 1.54) is 0 Å². The smallest absolute Gasteiger partial charge is 0.230 e. The fraction of sp³-hybridized carbons (Fsp3) is 0.833. The van der Waals surface area contributed by atoms with E-state index in [0.717, 1.165) is 19.3 Å². The molecule has 0 fully saturated rings. The van der Waals surface area contributed by atoms with Gasteiger partial charge >= 0.3 is 0 Å². The lowest BCUT2D eigenvalue weighted by molar-refractivity contribution is -0.124. The quantitative estimate of drug-likeness (QED) is 0.675. The fourth-order valence-electron chi connectivity index (χ4n) is 1.78. The zero-order valence-electron chi connectivity index (χ0n) is 10.7. The molecule has 0 aromatic heterocycles. The van der Waals surface area contributed by atoms with Crippen molar-refractivity contribution in [3.8, 4) is 0 Å². The Balaban J connectivity index is 4.45. The molecule has 2 atom stereocenters. The Morgan fingerprint density at radius 2 is 1.94 bits per heavy atom. The second-order valence-corrected chi connectivity index (χ2v) is 5.00. The van der Waals surface area contributed by atoms with E-state index in [9.17, 15) is 4.79 Å². The van der Waals surface area contributed by atoms with Crippen molar-refractivity contribution in [2.24, 2.45) is 17.6 Å². The van der Waals surface area contributed by atoms with Gasteiger partial charge in [-0.3, -0.25) is 4.79 Å². The van der Waals surface area contributed by atoms with Gasteiger partial charge in [0.15, 0.2) is 0 Å². The van der Waals surface area contributed by atoms with E-state index in [-0.39, 0.29) is 23.8 Å². The molecule has 0 aliphatic rings. The summed E-state index contributed by atoms with van der Waals surface area (Å²) in [5.41, 5.74) is 5.60. The topological polar surface area (TPSA) is 55.1 Å². The van der Waals surface area contributed by atoms with Gasteiger partial charge in [-0.05, 0) is 18.8 Å². The Bertz CT molecular complexity index is 241. The molecule has 0 saturated heterocycles. The molecule has 0 rings (SSSR count). The van der Waals surface area contributed by atoms with Crippen molar-refractivity contribution in [3.05, 3.63) is 0 Å². The van der Waals surface area contributed by atoms with Crippen LogP contribution in [0.15, 0.2) is 0 Å². The van der Waals surface area contributed by atoms with Crippen molar-refractivity contribution >= 4 is 23.1 Å². The van der Waals surface area contributed by atoms with Gasteiger partial charge in [0.25, 0.3) is 0 Å². The Morgan fingerprint density at radius 3 is 2.25 bits per heavy atom. The maximum absolute atomic E-state index is 12.0. The van der Waals surface area contributed by atoms with Crippen LogP contribution in [0, 0.1) is 11.8 Å². The summed E-state index contributed by atoms with van der Waals surface area (Å²) in [6.07, 6.45) is 3.02. The predicted octanol–water partition coefficient (Wildman–Crippen LogP) is 2.24. The lowest BCUT2D eigenvalue weighted by Crippen LogP contribution is -2.44. The molecule has 0 aliphatic carbocycles. The van der Waals surface area contributed by atoms with Crippen LogP contribution >= 0.6 is 12.2 Å². The minimum atomic E-state index is -0.346. The first kappa shape index (κ1) is 15.4. The molecule has 94 valence electrons. The monoisotopic (exact) mass is 244 g/mol. The molecular weight excluding hydrogens is 220 g/mol. The van der Waals surface area contributed by atoms with Gasteiger partial charge < -0.3 is 11.1 Å². The predicted molar refractivity (Wildman–Crippen MR) is 72.2 cm³/mol. The number of nitrogens with one attached hydrogen (secondary N) is 1. The molecule has 0 heterocycles. The summed E-state index contributed by atoms with van der Waals surface area (Å²) in [7, 11) is 0. The van der Waals surface area contributed by atoms with Crippen molar-refractivity contribution in [1.29, 1.82) is 0 Å². The van der Waals surface area contributed by atoms with Gasteiger partial charge in [-0.2, -0.15) is 0 Å². The van der Waals surface area contributed by atoms with Crippen LogP contribution in [0.5, 0.6) is 0 Å². The zero-order chi connectivity index (χ0) is 12.7. The Kier molecular flexibility index (Phi) is 7.30. The average molecular weight is 244 g/mol. The highest BCUT2D eigenvalue weighted by Crippen LogP contribution is 2.13. The van der Waals surface area contributed by atoms with Crippen LogP contribution in [0.1, 0.15) is 47.0 Å². The summed E-state index contributed by atoms with van der Waals surface area (Å²) >= 11 is 4.94. The standard InChI is InChI=1S/C12H24N2OS/c1-5-7-9(6-2)14-12(15)10(8(3)4)11(13)16/h8-10H,5-7H2,1-4H3,(H2,13,16)(H,14,15). The zero-order valence-corrected chi connectivity index (χ0v) is 11.6. The number of nitrogens with two attached hydrogens (primary N) is 1. The van der Waals surface area contributed by atoms with E-state index in [4.69, 9.17) is 18.0 Å². The molecule has 3 nitrogen and oxygen atoms in total. The maximum atomic E-state index is 12.0. The highest BCUT2D eigenvalue weighted by atomic mass is 32.1. The first-order chi connectivity index (χ1) is 7.43. The highest BCUT2D eigenvalue weighted by molar-refractivity contribution is 7.80. The Morgan fingerprint density at radius 1 is 1.38 bits per heavy atom. The molecule has 0 spiro atoms. The number of amides is 1. The van der Waals surface area contributed by atoms with Crippen LogP contribution in [-0.2, 0) is 4.79 Å². The number of carbonyl (C=O) groups excluding carboxylic acids is 1. The van der Waals surface area contributed by atoms with Crippen molar-refractivity contribution in [2.45, 2.75) is 53.0 Å². The first-order valence-corrected chi connectivity index (χ1v) is 6.44. The molecule has 0 radical (unpaired) electrons. The number of thiocarbonyl (C=S) groups is 1. The number of hydrogen-bond donors (Lipinski definition) is 2. The van der Waals surface area contributed by atoms with Crippen LogP contribution in [0.4, 0.5) is 0 Å². The minimum Gasteiger partial charge on any atom is -0.393 e. The molecule has 1 amide bonds. The van der Waals surface area contributed by atoms with Crippen LogP contribution in [-0.4, -0.2) is 16.9 Å². The van der Waals surface area contributed by atoms with Gasteiger partial charge in [-0.15, -0.1) is 0 Å². The minimum absolute atomic E-state index is 0.0252. The van der Waals surface area contributed by atoms with E-state index in [1.807, 2.05) is 13.8 Å². The lowest BCUT2D eigenvalue weighted by atomic mass is 9.94. The van der Waals surface area contributed by atoms with Crippen molar-refractivity contribution in [2.75, 3.05) is 0 Å². The van der Waals surface area contributed by atoms with Gasteiger partial charge in [0, 0.05) is 6.04 Å². The van der Waals surface area contributed by atoms with E-state index in [1.54, 1.807) is 0 Å². The second kappa shape index (κ2) is 7.60.